The van der Waals surface area contributed by atoms with Crippen LogP contribution in [0.15, 0.2) is 29.4 Å². The lowest BCUT2D eigenvalue weighted by Gasteiger charge is -2.11. The maximum Gasteiger partial charge on any atom is 0.417 e. The third-order valence-electron chi connectivity index (χ3n) is 3.22. The standard InChI is InChI=1S/C14H11F3N4O2S/c1-2-24-11-4-10-9(3-8(11)14(15,16)17)19-13(20-10)21-6-7(5-18-21)12(22)23/h3-6H,2H2,1H3,(H,19,20)(H,22,23). The average Bonchev–Trinajstić information content (AvgIpc) is 3.12. The van der Waals surface area contributed by atoms with Gasteiger partial charge in [0, 0.05) is 11.1 Å². The summed E-state index contributed by atoms with van der Waals surface area (Å²) in [4.78, 5) is 17.9. The molecule has 2 N–H and O–H groups in total. The van der Waals surface area contributed by atoms with Crippen molar-refractivity contribution in [2.75, 3.05) is 5.75 Å². The van der Waals surface area contributed by atoms with E-state index in [9.17, 15) is 18.0 Å². The van der Waals surface area contributed by atoms with E-state index in [-0.39, 0.29) is 21.9 Å². The van der Waals surface area contributed by atoms with Crippen LogP contribution in [0.1, 0.15) is 22.8 Å². The van der Waals surface area contributed by atoms with Crippen molar-refractivity contribution in [3.63, 3.8) is 0 Å². The van der Waals surface area contributed by atoms with Gasteiger partial charge in [-0.05, 0) is 17.9 Å². The molecule has 0 spiro atoms. The molecule has 0 aliphatic heterocycles. The number of carboxylic acids is 1. The quantitative estimate of drug-likeness (QED) is 0.698. The van der Waals surface area contributed by atoms with E-state index in [1.165, 1.54) is 16.9 Å². The van der Waals surface area contributed by atoms with Gasteiger partial charge in [-0.3, -0.25) is 0 Å². The molecule has 0 bridgehead atoms. The third kappa shape index (κ3) is 2.96. The molecule has 24 heavy (non-hydrogen) atoms. The molecule has 10 heteroatoms. The molecule has 2 heterocycles. The number of aromatic nitrogens is 4. The van der Waals surface area contributed by atoms with Crippen LogP contribution in [-0.4, -0.2) is 36.6 Å². The minimum Gasteiger partial charge on any atom is -0.478 e. The van der Waals surface area contributed by atoms with Crippen LogP contribution < -0.4 is 0 Å². The van der Waals surface area contributed by atoms with Crippen LogP contribution in [-0.2, 0) is 6.18 Å². The maximum absolute atomic E-state index is 13.2. The second-order valence-electron chi connectivity index (χ2n) is 4.84. The van der Waals surface area contributed by atoms with Gasteiger partial charge in [-0.1, -0.05) is 6.92 Å². The number of halogens is 3. The molecule has 0 amide bonds. The zero-order valence-corrected chi connectivity index (χ0v) is 13.1. The largest absolute Gasteiger partial charge is 0.478 e. The molecule has 3 aromatic rings. The van der Waals surface area contributed by atoms with Gasteiger partial charge in [-0.25, -0.2) is 14.5 Å². The number of imidazole rings is 1. The molecule has 2 aromatic heterocycles. The lowest BCUT2D eigenvalue weighted by molar-refractivity contribution is -0.139. The Hall–Kier alpha value is -2.49. The number of aromatic amines is 1. The van der Waals surface area contributed by atoms with E-state index in [0.29, 0.717) is 11.3 Å². The number of carbonyl (C=O) groups is 1. The summed E-state index contributed by atoms with van der Waals surface area (Å²) in [7, 11) is 0. The van der Waals surface area contributed by atoms with Crippen LogP contribution in [0.5, 0.6) is 0 Å². The molecular weight excluding hydrogens is 345 g/mol. The number of carboxylic acid groups (broad SMARTS) is 1. The van der Waals surface area contributed by atoms with E-state index in [4.69, 9.17) is 5.11 Å². The number of benzene rings is 1. The van der Waals surface area contributed by atoms with Gasteiger partial charge in [-0.2, -0.15) is 18.3 Å². The zero-order valence-electron chi connectivity index (χ0n) is 12.3. The van der Waals surface area contributed by atoms with E-state index < -0.39 is 17.7 Å². The van der Waals surface area contributed by atoms with E-state index in [0.717, 1.165) is 24.0 Å². The van der Waals surface area contributed by atoms with Gasteiger partial charge >= 0.3 is 12.1 Å². The monoisotopic (exact) mass is 356 g/mol. The topological polar surface area (TPSA) is 83.8 Å². The van der Waals surface area contributed by atoms with Crippen molar-refractivity contribution in [1.82, 2.24) is 19.7 Å². The number of fused-ring (bicyclic) bond motifs is 1. The van der Waals surface area contributed by atoms with Crippen molar-refractivity contribution in [1.29, 1.82) is 0 Å². The van der Waals surface area contributed by atoms with Crippen molar-refractivity contribution >= 4 is 28.8 Å². The van der Waals surface area contributed by atoms with Gasteiger partial charge in [0.15, 0.2) is 0 Å². The molecule has 3 rings (SSSR count). The number of nitrogens with one attached hydrogen (secondary N) is 1. The van der Waals surface area contributed by atoms with Gasteiger partial charge < -0.3 is 10.1 Å². The highest BCUT2D eigenvalue weighted by Gasteiger charge is 2.34. The Morgan fingerprint density at radius 1 is 1.42 bits per heavy atom. The second-order valence-corrected chi connectivity index (χ2v) is 6.14. The first-order chi connectivity index (χ1) is 11.3. The minimum absolute atomic E-state index is 0.0475. The Bertz CT molecular complexity index is 917. The highest BCUT2D eigenvalue weighted by Crippen LogP contribution is 2.38. The normalized spacial score (nSPS) is 12.0. The lowest BCUT2D eigenvalue weighted by Crippen LogP contribution is -2.06. The molecule has 0 aliphatic carbocycles. The number of rotatable bonds is 4. The summed E-state index contributed by atoms with van der Waals surface area (Å²) in [5.41, 5.74) is -0.233. The fourth-order valence-electron chi connectivity index (χ4n) is 2.18. The molecule has 0 atom stereocenters. The summed E-state index contributed by atoms with van der Waals surface area (Å²) < 4.78 is 40.7. The Morgan fingerprint density at radius 3 is 2.75 bits per heavy atom. The molecule has 1 aromatic carbocycles. The first-order valence-electron chi connectivity index (χ1n) is 6.81. The van der Waals surface area contributed by atoms with Crippen LogP contribution in [0, 0.1) is 0 Å². The predicted octanol–water partition coefficient (Wildman–Crippen LogP) is 3.58. The van der Waals surface area contributed by atoms with E-state index in [1.54, 1.807) is 6.92 Å². The SMILES string of the molecule is CCSc1cc2nc(-n3cc(C(=O)O)cn3)[nH]c2cc1C(F)(F)F. The Labute approximate surface area is 137 Å². The number of nitrogens with zero attached hydrogens (tertiary/aromatic N) is 3. The summed E-state index contributed by atoms with van der Waals surface area (Å²) in [5, 5.41) is 12.7. The van der Waals surface area contributed by atoms with E-state index >= 15 is 0 Å². The lowest BCUT2D eigenvalue weighted by atomic mass is 10.2. The molecule has 0 aliphatic rings. The molecule has 0 radical (unpaired) electrons. The maximum atomic E-state index is 13.2. The zero-order chi connectivity index (χ0) is 17.5. The Balaban J connectivity index is 2.11. The fraction of sp³-hybridized carbons (Fsp3) is 0.214. The molecular formula is C14H11F3N4O2S. The second kappa shape index (κ2) is 5.86. The van der Waals surface area contributed by atoms with E-state index in [1.807, 2.05) is 0 Å². The minimum atomic E-state index is -4.47. The molecule has 0 unspecified atom stereocenters. The average molecular weight is 356 g/mol. The number of hydrogen-bond donors (Lipinski definition) is 2. The van der Waals surface area contributed by atoms with Crippen molar-refractivity contribution in [2.45, 2.75) is 18.0 Å². The molecule has 6 nitrogen and oxygen atoms in total. The van der Waals surface area contributed by atoms with Crippen LogP contribution >= 0.6 is 11.8 Å². The molecule has 126 valence electrons. The van der Waals surface area contributed by atoms with Crippen molar-refractivity contribution < 1.29 is 23.1 Å². The highest BCUT2D eigenvalue weighted by atomic mass is 32.2. The number of hydrogen-bond acceptors (Lipinski definition) is 4. The Morgan fingerprint density at radius 2 is 2.17 bits per heavy atom. The Kier molecular flexibility index (Phi) is 3.99. The van der Waals surface area contributed by atoms with Crippen molar-refractivity contribution in [3.8, 4) is 5.95 Å². The first-order valence-corrected chi connectivity index (χ1v) is 7.80. The smallest absolute Gasteiger partial charge is 0.417 e. The summed E-state index contributed by atoms with van der Waals surface area (Å²) in [6.45, 7) is 1.77. The third-order valence-corrected chi connectivity index (χ3v) is 4.16. The molecule has 0 fully saturated rings. The van der Waals surface area contributed by atoms with Gasteiger partial charge in [0.05, 0.1) is 28.4 Å². The summed E-state index contributed by atoms with van der Waals surface area (Å²) in [5.74, 6) is -0.518. The highest BCUT2D eigenvalue weighted by molar-refractivity contribution is 7.99. The number of thioether (sulfide) groups is 1. The van der Waals surface area contributed by atoms with Crippen LogP contribution in [0.2, 0.25) is 0 Å². The van der Waals surface area contributed by atoms with Gasteiger partial charge in [0.1, 0.15) is 0 Å². The van der Waals surface area contributed by atoms with Gasteiger partial charge in [0.2, 0.25) is 5.95 Å². The van der Waals surface area contributed by atoms with E-state index in [2.05, 4.69) is 15.1 Å². The summed E-state index contributed by atoms with van der Waals surface area (Å²) >= 11 is 1.08. The van der Waals surface area contributed by atoms with Crippen LogP contribution in [0.3, 0.4) is 0 Å². The van der Waals surface area contributed by atoms with Crippen molar-refractivity contribution in [3.05, 3.63) is 35.7 Å². The van der Waals surface area contributed by atoms with Crippen LogP contribution in [0.4, 0.5) is 13.2 Å². The molecule has 0 saturated heterocycles. The van der Waals surface area contributed by atoms with Gasteiger partial charge in [-0.15, -0.1) is 11.8 Å². The number of H-pyrrole nitrogens is 1. The van der Waals surface area contributed by atoms with Crippen molar-refractivity contribution in [2.24, 2.45) is 0 Å². The first kappa shape index (κ1) is 16.4. The predicted molar refractivity (Wildman–Crippen MR) is 81.6 cm³/mol. The summed E-state index contributed by atoms with van der Waals surface area (Å²) in [6.07, 6.45) is -2.11. The van der Waals surface area contributed by atoms with Crippen LogP contribution in [0.25, 0.3) is 17.0 Å². The van der Waals surface area contributed by atoms with Gasteiger partial charge in [0.25, 0.3) is 0 Å². The summed E-state index contributed by atoms with van der Waals surface area (Å²) in [6, 6.07) is 2.37. The number of aromatic carboxylic acids is 1. The molecule has 0 saturated carbocycles. The fourth-order valence-corrected chi connectivity index (χ4v) is 3.01. The number of alkyl halides is 3.